The fourth-order valence-corrected chi connectivity index (χ4v) is 4.72. The minimum absolute atomic E-state index is 0.0530. The standard InChI is InChI=1S/C25H27F3N4O2S/c1-29-12-11-20(21-4-3-15-35-21)34-18-7-5-17(6-8-18)16-32-14-13-31(2)23-19(24(32)33)9-10-22(30-23)25(26,27)28/h3-10,15,20,29H,11-14,16H2,1-2H3/t20-/m0/s1. The number of rotatable bonds is 8. The average molecular weight is 505 g/mol. The van der Waals surface area contributed by atoms with Gasteiger partial charge in [0.05, 0.1) is 5.56 Å². The first-order valence-corrected chi connectivity index (χ1v) is 12.2. The molecule has 1 atom stereocenters. The van der Waals surface area contributed by atoms with E-state index in [9.17, 15) is 18.0 Å². The summed E-state index contributed by atoms with van der Waals surface area (Å²) in [6.45, 7) is 1.91. The van der Waals surface area contributed by atoms with Crippen molar-refractivity contribution in [3.63, 3.8) is 0 Å². The van der Waals surface area contributed by atoms with Crippen LogP contribution in [0, 0.1) is 0 Å². The quantitative estimate of drug-likeness (QED) is 0.469. The van der Waals surface area contributed by atoms with Crippen molar-refractivity contribution >= 4 is 23.1 Å². The van der Waals surface area contributed by atoms with E-state index in [1.807, 2.05) is 42.8 Å². The Bertz CT molecular complexity index is 1140. The van der Waals surface area contributed by atoms with Gasteiger partial charge in [0, 0.05) is 38.0 Å². The van der Waals surface area contributed by atoms with E-state index in [0.717, 1.165) is 35.2 Å². The van der Waals surface area contributed by atoms with E-state index < -0.39 is 11.9 Å². The van der Waals surface area contributed by atoms with Gasteiger partial charge in [-0.15, -0.1) is 11.3 Å². The molecule has 0 fully saturated rings. The molecule has 0 unspecified atom stereocenters. The molecular formula is C25H27F3N4O2S. The number of nitrogens with zero attached hydrogens (tertiary/aromatic N) is 3. The topological polar surface area (TPSA) is 57.7 Å². The number of carbonyl (C=O) groups excluding carboxylic acids is 1. The minimum Gasteiger partial charge on any atom is -0.485 e. The van der Waals surface area contributed by atoms with Gasteiger partial charge in [-0.2, -0.15) is 13.2 Å². The van der Waals surface area contributed by atoms with Crippen molar-refractivity contribution in [2.24, 2.45) is 0 Å². The Morgan fingerprint density at radius 1 is 1.14 bits per heavy atom. The number of alkyl halides is 3. The van der Waals surface area contributed by atoms with Crippen molar-refractivity contribution in [2.45, 2.75) is 25.2 Å². The molecule has 4 rings (SSSR count). The number of anilines is 1. The van der Waals surface area contributed by atoms with Gasteiger partial charge in [-0.25, -0.2) is 4.98 Å². The van der Waals surface area contributed by atoms with Crippen LogP contribution >= 0.6 is 11.3 Å². The smallest absolute Gasteiger partial charge is 0.433 e. The van der Waals surface area contributed by atoms with Crippen LogP contribution in [-0.4, -0.2) is 49.5 Å². The Labute approximate surface area is 206 Å². The van der Waals surface area contributed by atoms with Crippen LogP contribution in [0.25, 0.3) is 0 Å². The summed E-state index contributed by atoms with van der Waals surface area (Å²) in [6.07, 6.45) is -3.79. The molecule has 1 amide bonds. The third-order valence-electron chi connectivity index (χ3n) is 5.84. The van der Waals surface area contributed by atoms with Gasteiger partial charge >= 0.3 is 6.18 Å². The highest BCUT2D eigenvalue weighted by Gasteiger charge is 2.35. The summed E-state index contributed by atoms with van der Waals surface area (Å²) in [6, 6.07) is 13.7. The van der Waals surface area contributed by atoms with Crippen LogP contribution in [-0.2, 0) is 12.7 Å². The zero-order valence-electron chi connectivity index (χ0n) is 19.5. The molecule has 6 nitrogen and oxygen atoms in total. The number of halogens is 3. The molecule has 0 saturated heterocycles. The number of thiophene rings is 1. The molecule has 186 valence electrons. The Kier molecular flexibility index (Phi) is 7.61. The normalized spacial score (nSPS) is 15.1. The summed E-state index contributed by atoms with van der Waals surface area (Å²) in [5, 5.41) is 5.18. The number of pyridine rings is 1. The van der Waals surface area contributed by atoms with E-state index in [2.05, 4.69) is 16.4 Å². The first kappa shape index (κ1) is 25.0. The van der Waals surface area contributed by atoms with Crippen molar-refractivity contribution in [1.82, 2.24) is 15.2 Å². The number of amides is 1. The van der Waals surface area contributed by atoms with E-state index in [-0.39, 0.29) is 23.4 Å². The predicted octanol–water partition coefficient (Wildman–Crippen LogP) is 4.98. The fraction of sp³-hybridized carbons (Fsp3) is 0.360. The van der Waals surface area contributed by atoms with Gasteiger partial charge in [-0.3, -0.25) is 4.79 Å². The van der Waals surface area contributed by atoms with E-state index in [0.29, 0.717) is 19.6 Å². The monoisotopic (exact) mass is 504 g/mol. The van der Waals surface area contributed by atoms with Crippen LogP contribution in [0.3, 0.4) is 0 Å². The Morgan fingerprint density at radius 3 is 2.57 bits per heavy atom. The van der Waals surface area contributed by atoms with Crippen molar-refractivity contribution < 1.29 is 22.7 Å². The number of carbonyl (C=O) groups is 1. The van der Waals surface area contributed by atoms with Crippen molar-refractivity contribution in [1.29, 1.82) is 0 Å². The van der Waals surface area contributed by atoms with Crippen LogP contribution in [0.1, 0.15) is 39.0 Å². The lowest BCUT2D eigenvalue weighted by molar-refractivity contribution is -0.141. The van der Waals surface area contributed by atoms with Crippen molar-refractivity contribution in [3.8, 4) is 5.75 Å². The number of hydrogen-bond acceptors (Lipinski definition) is 6. The summed E-state index contributed by atoms with van der Waals surface area (Å²) < 4.78 is 45.6. The molecule has 35 heavy (non-hydrogen) atoms. The lowest BCUT2D eigenvalue weighted by Crippen LogP contribution is -2.33. The highest BCUT2D eigenvalue weighted by molar-refractivity contribution is 7.10. The molecule has 1 N–H and O–H groups in total. The molecule has 0 aliphatic carbocycles. The summed E-state index contributed by atoms with van der Waals surface area (Å²) in [5.74, 6) is 0.451. The van der Waals surface area contributed by atoms with E-state index in [1.165, 1.54) is 6.07 Å². The molecule has 0 saturated carbocycles. The molecule has 1 aliphatic heterocycles. The van der Waals surface area contributed by atoms with E-state index in [4.69, 9.17) is 4.74 Å². The lowest BCUT2D eigenvalue weighted by Gasteiger charge is -2.22. The Morgan fingerprint density at radius 2 is 1.91 bits per heavy atom. The SMILES string of the molecule is CNCC[C@H](Oc1ccc(CN2CCN(C)c3nc(C(F)(F)F)ccc3C2=O)cc1)c1cccs1. The van der Waals surface area contributed by atoms with Gasteiger partial charge < -0.3 is 19.9 Å². The van der Waals surface area contributed by atoms with Gasteiger partial charge in [0.15, 0.2) is 0 Å². The van der Waals surface area contributed by atoms with Crippen LogP contribution < -0.4 is 15.0 Å². The van der Waals surface area contributed by atoms with Crippen LogP contribution in [0.15, 0.2) is 53.9 Å². The molecule has 1 aromatic carbocycles. The third kappa shape index (κ3) is 5.94. The summed E-state index contributed by atoms with van der Waals surface area (Å²) in [5.41, 5.74) is 0.0661. The summed E-state index contributed by atoms with van der Waals surface area (Å²) in [4.78, 5) is 21.3. The number of benzene rings is 1. The maximum atomic E-state index is 13.1. The number of fused-ring (bicyclic) bond motifs is 1. The van der Waals surface area contributed by atoms with Gasteiger partial charge in [-0.05, 0) is 54.9 Å². The molecule has 3 heterocycles. The summed E-state index contributed by atoms with van der Waals surface area (Å²) in [7, 11) is 3.55. The van der Waals surface area contributed by atoms with Crippen molar-refractivity contribution in [2.75, 3.05) is 38.6 Å². The lowest BCUT2D eigenvalue weighted by atomic mass is 10.1. The molecule has 3 aromatic rings. The second-order valence-corrected chi connectivity index (χ2v) is 9.35. The highest BCUT2D eigenvalue weighted by atomic mass is 32.1. The van der Waals surface area contributed by atoms with Crippen LogP contribution in [0.4, 0.5) is 19.0 Å². The van der Waals surface area contributed by atoms with Gasteiger partial charge in [0.1, 0.15) is 23.4 Å². The van der Waals surface area contributed by atoms with E-state index in [1.54, 1.807) is 28.2 Å². The molecule has 2 aromatic heterocycles. The molecule has 0 spiro atoms. The molecule has 0 radical (unpaired) electrons. The molecule has 10 heteroatoms. The predicted molar refractivity (Wildman–Crippen MR) is 130 cm³/mol. The van der Waals surface area contributed by atoms with Crippen LogP contribution in [0.2, 0.25) is 0 Å². The maximum Gasteiger partial charge on any atom is 0.433 e. The Balaban J connectivity index is 1.47. The zero-order chi connectivity index (χ0) is 25.0. The first-order chi connectivity index (χ1) is 16.8. The number of ether oxygens (including phenoxy) is 1. The van der Waals surface area contributed by atoms with Gasteiger partial charge in [-0.1, -0.05) is 18.2 Å². The number of hydrogen-bond donors (Lipinski definition) is 1. The maximum absolute atomic E-state index is 13.1. The number of aromatic nitrogens is 1. The van der Waals surface area contributed by atoms with E-state index >= 15 is 0 Å². The van der Waals surface area contributed by atoms with Gasteiger partial charge in [0.2, 0.25) is 0 Å². The summed E-state index contributed by atoms with van der Waals surface area (Å²) >= 11 is 1.66. The third-order valence-corrected chi connectivity index (χ3v) is 6.81. The largest absolute Gasteiger partial charge is 0.485 e. The second-order valence-electron chi connectivity index (χ2n) is 8.37. The highest BCUT2D eigenvalue weighted by Crippen LogP contribution is 2.32. The average Bonchev–Trinajstić information content (AvgIpc) is 3.35. The fourth-order valence-electron chi connectivity index (χ4n) is 3.93. The van der Waals surface area contributed by atoms with Crippen LogP contribution in [0.5, 0.6) is 5.75 Å². The zero-order valence-corrected chi connectivity index (χ0v) is 20.3. The minimum atomic E-state index is -4.57. The number of nitrogens with one attached hydrogen (secondary N) is 1. The first-order valence-electron chi connectivity index (χ1n) is 11.3. The molecule has 1 aliphatic rings. The second kappa shape index (κ2) is 10.7. The van der Waals surface area contributed by atoms with Crippen molar-refractivity contribution in [3.05, 3.63) is 75.6 Å². The molecule has 0 bridgehead atoms. The Hall–Kier alpha value is -3.11. The number of likely N-dealkylation sites (N-methyl/N-ethyl adjacent to an activating group) is 1. The molecular weight excluding hydrogens is 477 g/mol. The van der Waals surface area contributed by atoms with Gasteiger partial charge in [0.25, 0.3) is 5.91 Å².